The smallest absolute Gasteiger partial charge is 0.245 e. The summed E-state index contributed by atoms with van der Waals surface area (Å²) in [5.74, 6) is 0.0468. The zero-order valence-corrected chi connectivity index (χ0v) is 24.8. The average Bonchev–Trinajstić information content (AvgIpc) is 2.95. The van der Waals surface area contributed by atoms with Gasteiger partial charge in [-0.2, -0.15) is 11.8 Å². The molecule has 0 bridgehead atoms. The highest BCUT2D eigenvalue weighted by Gasteiger charge is 2.48. The highest BCUT2D eigenvalue weighted by molar-refractivity contribution is 7.98. The molecule has 3 amide bonds. The number of amides is 3. The molecule has 4 rings (SSSR count). The summed E-state index contributed by atoms with van der Waals surface area (Å²) < 4.78 is 25.4. The van der Waals surface area contributed by atoms with Crippen molar-refractivity contribution in [2.45, 2.75) is 45.4 Å². The third-order valence-corrected chi connectivity index (χ3v) is 7.21. The van der Waals surface area contributed by atoms with Gasteiger partial charge >= 0.3 is 0 Å². The lowest BCUT2D eigenvalue weighted by Crippen LogP contribution is -2.74. The minimum absolute atomic E-state index is 0.0772. The second-order valence-electron chi connectivity index (χ2n) is 9.20. The largest absolute Gasteiger partial charge is 0.337 e. The van der Waals surface area contributed by atoms with Gasteiger partial charge in [-0.25, -0.2) is 13.8 Å². The molecule has 2 aromatic rings. The summed E-state index contributed by atoms with van der Waals surface area (Å²) in [5.41, 5.74) is 2.03. The van der Waals surface area contributed by atoms with E-state index in [0.29, 0.717) is 25.8 Å². The molecular weight excluding hydrogens is 536 g/mol. The summed E-state index contributed by atoms with van der Waals surface area (Å²) in [6, 6.07) is 12.1. The van der Waals surface area contributed by atoms with Crippen LogP contribution in [-0.4, -0.2) is 96.0 Å². The van der Waals surface area contributed by atoms with E-state index in [0.717, 1.165) is 23.4 Å². The predicted molar refractivity (Wildman–Crippen MR) is 155 cm³/mol. The minimum atomic E-state index is -0.567. The monoisotopic (exact) mass is 577 g/mol. The average molecular weight is 578 g/mol. The Balaban J connectivity index is 0.000000391. The molecule has 2 aliphatic rings. The van der Waals surface area contributed by atoms with E-state index in [2.05, 4.69) is 5.32 Å². The Bertz CT molecular complexity index is 1070. The number of carbonyl (C=O) groups is 3. The van der Waals surface area contributed by atoms with E-state index < -0.39 is 12.2 Å². The number of hydrogen-bond donors (Lipinski definition) is 1. The molecule has 11 heteroatoms. The Morgan fingerprint density at radius 1 is 1.00 bits per heavy atom. The van der Waals surface area contributed by atoms with Crippen molar-refractivity contribution in [1.29, 1.82) is 0 Å². The molecule has 0 radical (unpaired) electrons. The maximum Gasteiger partial charge on any atom is 0.245 e. The van der Waals surface area contributed by atoms with Crippen molar-refractivity contribution < 1.29 is 23.2 Å². The molecule has 2 atom stereocenters. The SMILES string of the molecule is CC.CNCc1ccc(F)cc1.CSCC[C@H]1C(=O)N(CCc2ccc(F)cc2)CC2N1C(=O)CN(C)N2C=O. The molecule has 1 N–H and O–H groups in total. The number of piperazine rings is 1. The summed E-state index contributed by atoms with van der Waals surface area (Å²) >= 11 is 1.62. The number of benzene rings is 2. The first-order chi connectivity index (χ1) is 19.3. The summed E-state index contributed by atoms with van der Waals surface area (Å²) in [6.07, 6.45) is 3.30. The van der Waals surface area contributed by atoms with E-state index in [1.165, 1.54) is 29.3 Å². The molecule has 2 aromatic carbocycles. The summed E-state index contributed by atoms with van der Waals surface area (Å²) in [6.45, 7) is 5.59. The fraction of sp³-hybridized carbons (Fsp3) is 0.483. The van der Waals surface area contributed by atoms with Crippen molar-refractivity contribution in [3.63, 3.8) is 0 Å². The van der Waals surface area contributed by atoms with Crippen molar-refractivity contribution in [1.82, 2.24) is 25.1 Å². The fourth-order valence-corrected chi connectivity index (χ4v) is 5.07. The van der Waals surface area contributed by atoms with Crippen LogP contribution < -0.4 is 5.32 Å². The van der Waals surface area contributed by atoms with Crippen molar-refractivity contribution in [2.24, 2.45) is 0 Å². The van der Waals surface area contributed by atoms with Crippen molar-refractivity contribution >= 4 is 30.0 Å². The number of hydrogen-bond acceptors (Lipinski definition) is 6. The molecule has 2 aliphatic heterocycles. The third-order valence-electron chi connectivity index (χ3n) is 6.57. The lowest BCUT2D eigenvalue weighted by Gasteiger charge is -2.53. The Morgan fingerprint density at radius 3 is 2.10 bits per heavy atom. The summed E-state index contributed by atoms with van der Waals surface area (Å²) in [5, 5.41) is 6.07. The third kappa shape index (κ3) is 9.00. The number of thioether (sulfide) groups is 1. The van der Waals surface area contributed by atoms with Crippen molar-refractivity contribution in [3.05, 3.63) is 71.3 Å². The van der Waals surface area contributed by atoms with Gasteiger partial charge < -0.3 is 15.1 Å². The number of nitrogens with one attached hydrogen (secondary N) is 1. The summed E-state index contributed by atoms with van der Waals surface area (Å²) in [7, 11) is 3.56. The van der Waals surface area contributed by atoms with E-state index in [9.17, 15) is 23.2 Å². The van der Waals surface area contributed by atoms with Crippen LogP contribution in [0.3, 0.4) is 0 Å². The second kappa shape index (κ2) is 16.9. The molecule has 1 unspecified atom stereocenters. The molecule has 2 heterocycles. The molecule has 2 saturated heterocycles. The van der Waals surface area contributed by atoms with Gasteiger partial charge in [0.1, 0.15) is 23.8 Å². The molecule has 0 aromatic heterocycles. The topological polar surface area (TPSA) is 76.2 Å². The lowest BCUT2D eigenvalue weighted by molar-refractivity contribution is -0.196. The first-order valence-corrected chi connectivity index (χ1v) is 14.9. The van der Waals surface area contributed by atoms with Gasteiger partial charge in [0, 0.05) is 20.1 Å². The van der Waals surface area contributed by atoms with Crippen LogP contribution in [0.2, 0.25) is 0 Å². The van der Waals surface area contributed by atoms with Gasteiger partial charge in [-0.3, -0.25) is 19.4 Å². The molecule has 40 heavy (non-hydrogen) atoms. The highest BCUT2D eigenvalue weighted by Crippen LogP contribution is 2.27. The normalized spacial score (nSPS) is 18.8. The Hall–Kier alpha value is -3.02. The number of nitrogens with zero attached hydrogens (tertiary/aromatic N) is 4. The maximum atomic E-state index is 13.1. The van der Waals surface area contributed by atoms with E-state index in [1.54, 1.807) is 57.9 Å². The lowest BCUT2D eigenvalue weighted by atomic mass is 10.0. The van der Waals surface area contributed by atoms with E-state index in [1.807, 2.05) is 27.2 Å². The van der Waals surface area contributed by atoms with E-state index >= 15 is 0 Å². The zero-order chi connectivity index (χ0) is 29.7. The van der Waals surface area contributed by atoms with Gasteiger partial charge in [0.2, 0.25) is 18.2 Å². The van der Waals surface area contributed by atoms with Crippen LogP contribution >= 0.6 is 11.8 Å². The number of likely N-dealkylation sites (N-methyl/N-ethyl adjacent to an activating group) is 1. The Morgan fingerprint density at radius 2 is 1.57 bits per heavy atom. The Labute approximate surface area is 240 Å². The number of halogens is 2. The molecule has 0 aliphatic carbocycles. The van der Waals surface area contributed by atoms with Crippen molar-refractivity contribution in [2.75, 3.05) is 45.7 Å². The van der Waals surface area contributed by atoms with Crippen LogP contribution in [0.25, 0.3) is 0 Å². The quantitative estimate of drug-likeness (QED) is 0.461. The van der Waals surface area contributed by atoms with Crippen LogP contribution in [0.1, 0.15) is 31.4 Å². The predicted octanol–water partition coefficient (Wildman–Crippen LogP) is 3.38. The van der Waals surface area contributed by atoms with Gasteiger partial charge in [0.05, 0.1) is 13.1 Å². The van der Waals surface area contributed by atoms with E-state index in [-0.39, 0.29) is 36.5 Å². The molecular formula is C29H41F2N5O3S. The van der Waals surface area contributed by atoms with Gasteiger partial charge in [-0.1, -0.05) is 38.1 Å². The van der Waals surface area contributed by atoms with Gasteiger partial charge in [-0.05, 0) is 67.3 Å². The molecule has 0 saturated carbocycles. The number of rotatable bonds is 9. The number of hydrazine groups is 1. The number of carbonyl (C=O) groups excluding carboxylic acids is 3. The first kappa shape index (κ1) is 33.2. The Kier molecular flexibility index (Phi) is 14.1. The van der Waals surface area contributed by atoms with Crippen molar-refractivity contribution in [3.8, 4) is 0 Å². The minimum Gasteiger partial charge on any atom is -0.337 e. The van der Waals surface area contributed by atoms with Crippen LogP contribution in [0, 0.1) is 11.6 Å². The zero-order valence-electron chi connectivity index (χ0n) is 24.0. The fourth-order valence-electron chi connectivity index (χ4n) is 4.62. The van der Waals surface area contributed by atoms with Crippen LogP contribution in [0.15, 0.2) is 48.5 Å². The van der Waals surface area contributed by atoms with Gasteiger partial charge in [-0.15, -0.1) is 0 Å². The maximum absolute atomic E-state index is 13.1. The highest BCUT2D eigenvalue weighted by atomic mass is 32.2. The van der Waals surface area contributed by atoms with Crippen LogP contribution in [0.5, 0.6) is 0 Å². The number of fused-ring (bicyclic) bond motifs is 1. The second-order valence-corrected chi connectivity index (χ2v) is 10.2. The molecule has 2 fully saturated rings. The van der Waals surface area contributed by atoms with Gasteiger partial charge in [0.15, 0.2) is 0 Å². The molecule has 8 nitrogen and oxygen atoms in total. The molecule has 220 valence electrons. The van der Waals surface area contributed by atoms with Crippen LogP contribution in [0.4, 0.5) is 8.78 Å². The summed E-state index contributed by atoms with van der Waals surface area (Å²) in [4.78, 5) is 40.8. The first-order valence-electron chi connectivity index (χ1n) is 13.5. The van der Waals surface area contributed by atoms with Gasteiger partial charge in [0.25, 0.3) is 0 Å². The van der Waals surface area contributed by atoms with Crippen LogP contribution in [-0.2, 0) is 27.3 Å². The van der Waals surface area contributed by atoms with E-state index in [4.69, 9.17) is 0 Å². The molecule has 0 spiro atoms. The standard InChI is InChI=1S/C19H25FN4O3S.C8H10FN.C2H6/c1-21-12-18(26)24-16(8-10-28-2)19(27)22(11-17(24)23(21)13-25)9-7-14-3-5-15(20)6-4-14;1-10-6-7-2-4-8(9)5-3-7;1-2/h3-6,13,16-17H,7-12H2,1-2H3;2-5,10H,6H2,1H3;1-2H3/t16-,17?;;/m0../s1.